The number of likely N-dealkylation sites (N-methyl/N-ethyl adjacent to an activating group) is 1. The number of carboxylic acids is 1. The lowest BCUT2D eigenvalue weighted by molar-refractivity contribution is -0.384. The molecule has 2 N–H and O–H groups in total. The summed E-state index contributed by atoms with van der Waals surface area (Å²) in [6.45, 7) is 3.76. The van der Waals surface area contributed by atoms with Crippen LogP contribution in [0.1, 0.15) is 38.2 Å². The number of amides is 1. The van der Waals surface area contributed by atoms with Gasteiger partial charge in [0.25, 0.3) is 5.69 Å². The average Bonchev–Trinajstić information content (AvgIpc) is 2.65. The summed E-state index contributed by atoms with van der Waals surface area (Å²) >= 11 is 0. The van der Waals surface area contributed by atoms with Gasteiger partial charge in [-0.05, 0) is 18.4 Å². The van der Waals surface area contributed by atoms with Gasteiger partial charge in [-0.15, -0.1) is 0 Å². The van der Waals surface area contributed by atoms with Crippen molar-refractivity contribution in [3.8, 4) is 0 Å². The van der Waals surface area contributed by atoms with Crippen molar-refractivity contribution in [3.63, 3.8) is 0 Å². The standard InChI is InChI=1S/C18H21N3O5/c1-4-13-16(18(23)24)15(11-6-8-12(9-7-11)21(25)26)17(20(3)10-22)14(5-2)19-13/h6-10,15,19H,4-5H2,1-3H3,(H,23,24). The van der Waals surface area contributed by atoms with E-state index in [9.17, 15) is 24.8 Å². The van der Waals surface area contributed by atoms with Crippen LogP contribution in [-0.2, 0) is 9.59 Å². The first-order valence-electron chi connectivity index (χ1n) is 8.24. The highest BCUT2D eigenvalue weighted by Crippen LogP contribution is 2.40. The van der Waals surface area contributed by atoms with Gasteiger partial charge < -0.3 is 15.3 Å². The summed E-state index contributed by atoms with van der Waals surface area (Å²) in [5, 5.41) is 23.9. The van der Waals surface area contributed by atoms with Gasteiger partial charge in [0, 0.05) is 30.6 Å². The zero-order valence-corrected chi connectivity index (χ0v) is 14.9. The first-order chi connectivity index (χ1) is 12.3. The molecule has 8 heteroatoms. The summed E-state index contributed by atoms with van der Waals surface area (Å²) in [5.41, 5.74) is 2.50. The van der Waals surface area contributed by atoms with Gasteiger partial charge in [0.15, 0.2) is 0 Å². The van der Waals surface area contributed by atoms with Crippen LogP contribution in [0.3, 0.4) is 0 Å². The van der Waals surface area contributed by atoms with Gasteiger partial charge in [-0.1, -0.05) is 26.0 Å². The van der Waals surface area contributed by atoms with Gasteiger partial charge in [-0.2, -0.15) is 0 Å². The van der Waals surface area contributed by atoms with E-state index in [1.54, 1.807) is 7.05 Å². The van der Waals surface area contributed by atoms with Crippen LogP contribution in [0.15, 0.2) is 46.9 Å². The third-order valence-corrected chi connectivity index (χ3v) is 4.41. The fraction of sp³-hybridized carbons (Fsp3) is 0.333. The number of nitrogens with zero attached hydrogens (tertiary/aromatic N) is 2. The molecular formula is C18H21N3O5. The maximum absolute atomic E-state index is 12.0. The summed E-state index contributed by atoms with van der Waals surface area (Å²) in [6, 6.07) is 5.76. The molecule has 2 rings (SSSR count). The maximum atomic E-state index is 12.0. The van der Waals surface area contributed by atoms with Crippen molar-refractivity contribution in [2.24, 2.45) is 0 Å². The largest absolute Gasteiger partial charge is 0.478 e. The van der Waals surface area contributed by atoms with Gasteiger partial charge in [0.1, 0.15) is 0 Å². The second-order valence-electron chi connectivity index (χ2n) is 5.89. The molecule has 1 aliphatic rings. The lowest BCUT2D eigenvalue weighted by atomic mass is 9.82. The van der Waals surface area contributed by atoms with Crippen LogP contribution in [0.4, 0.5) is 5.69 Å². The Morgan fingerprint density at radius 1 is 1.27 bits per heavy atom. The van der Waals surface area contributed by atoms with E-state index in [2.05, 4.69) is 5.32 Å². The Morgan fingerprint density at radius 3 is 2.27 bits per heavy atom. The smallest absolute Gasteiger partial charge is 0.334 e. The van der Waals surface area contributed by atoms with Crippen molar-refractivity contribution in [2.75, 3.05) is 7.05 Å². The number of nitrogens with one attached hydrogen (secondary N) is 1. The Hall–Kier alpha value is -3.16. The Labute approximate surface area is 151 Å². The molecule has 8 nitrogen and oxygen atoms in total. The fourth-order valence-electron chi connectivity index (χ4n) is 3.19. The highest BCUT2D eigenvalue weighted by molar-refractivity contribution is 5.91. The lowest BCUT2D eigenvalue weighted by Gasteiger charge is -2.35. The van der Waals surface area contributed by atoms with Crippen LogP contribution in [-0.4, -0.2) is 34.4 Å². The molecule has 0 saturated heterocycles. The van der Waals surface area contributed by atoms with E-state index in [4.69, 9.17) is 0 Å². The Kier molecular flexibility index (Phi) is 5.76. The summed E-state index contributed by atoms with van der Waals surface area (Å²) in [6.07, 6.45) is 1.68. The number of carboxylic acid groups (broad SMARTS) is 1. The normalized spacial score (nSPS) is 17.0. The third-order valence-electron chi connectivity index (χ3n) is 4.41. The zero-order valence-electron chi connectivity index (χ0n) is 14.9. The number of non-ortho nitro benzene ring substituents is 1. The molecule has 26 heavy (non-hydrogen) atoms. The summed E-state index contributed by atoms with van der Waals surface area (Å²) in [4.78, 5) is 35.2. The first-order valence-corrected chi connectivity index (χ1v) is 8.24. The predicted octanol–water partition coefficient (Wildman–Crippen LogP) is 2.74. The maximum Gasteiger partial charge on any atom is 0.334 e. The number of nitro benzene ring substituents is 1. The van der Waals surface area contributed by atoms with E-state index >= 15 is 0 Å². The van der Waals surface area contributed by atoms with Gasteiger partial charge in [0.05, 0.1) is 22.1 Å². The summed E-state index contributed by atoms with van der Waals surface area (Å²) in [7, 11) is 1.56. The molecule has 0 radical (unpaired) electrons. The molecule has 1 aromatic rings. The van der Waals surface area contributed by atoms with E-state index in [0.717, 1.165) is 5.70 Å². The van der Waals surface area contributed by atoms with Gasteiger partial charge in [-0.3, -0.25) is 14.9 Å². The summed E-state index contributed by atoms with van der Waals surface area (Å²) < 4.78 is 0. The topological polar surface area (TPSA) is 113 Å². The van der Waals surface area contributed by atoms with Crippen LogP contribution >= 0.6 is 0 Å². The Bertz CT molecular complexity index is 796. The predicted molar refractivity (Wildman–Crippen MR) is 95.1 cm³/mol. The lowest BCUT2D eigenvalue weighted by Crippen LogP contribution is -2.35. The highest BCUT2D eigenvalue weighted by Gasteiger charge is 2.36. The van der Waals surface area contributed by atoms with Crippen molar-refractivity contribution in [1.82, 2.24) is 10.2 Å². The molecule has 1 heterocycles. The molecule has 1 aromatic carbocycles. The molecule has 1 amide bonds. The number of carbonyl (C=O) groups excluding carboxylic acids is 1. The van der Waals surface area contributed by atoms with Gasteiger partial charge >= 0.3 is 5.97 Å². The van der Waals surface area contributed by atoms with E-state index in [0.29, 0.717) is 36.2 Å². The van der Waals surface area contributed by atoms with Crippen LogP contribution in [0, 0.1) is 10.1 Å². The number of dihydropyridines is 1. The first kappa shape index (κ1) is 19.2. The van der Waals surface area contributed by atoms with Crippen molar-refractivity contribution in [3.05, 3.63) is 62.6 Å². The molecule has 138 valence electrons. The van der Waals surface area contributed by atoms with Crippen molar-refractivity contribution in [2.45, 2.75) is 32.6 Å². The van der Waals surface area contributed by atoms with E-state index in [1.165, 1.54) is 29.2 Å². The van der Waals surface area contributed by atoms with Crippen LogP contribution in [0.25, 0.3) is 0 Å². The number of benzene rings is 1. The molecule has 0 saturated carbocycles. The average molecular weight is 359 g/mol. The third kappa shape index (κ3) is 3.44. The molecule has 0 spiro atoms. The van der Waals surface area contributed by atoms with Crippen molar-refractivity contribution in [1.29, 1.82) is 0 Å². The minimum atomic E-state index is -1.09. The van der Waals surface area contributed by atoms with Crippen LogP contribution < -0.4 is 5.32 Å². The number of hydrogen-bond donors (Lipinski definition) is 2. The number of nitro groups is 1. The second kappa shape index (κ2) is 7.81. The van der Waals surface area contributed by atoms with Gasteiger partial charge in [0.2, 0.25) is 6.41 Å². The molecule has 0 aliphatic carbocycles. The van der Waals surface area contributed by atoms with E-state index < -0.39 is 16.8 Å². The molecule has 1 atom stereocenters. The zero-order chi connectivity index (χ0) is 19.4. The van der Waals surface area contributed by atoms with Crippen LogP contribution in [0.5, 0.6) is 0 Å². The fourth-order valence-corrected chi connectivity index (χ4v) is 3.19. The number of rotatable bonds is 7. The molecular weight excluding hydrogens is 338 g/mol. The second-order valence-corrected chi connectivity index (χ2v) is 5.89. The number of aliphatic carboxylic acids is 1. The number of hydrogen-bond acceptors (Lipinski definition) is 5. The number of allylic oxidation sites excluding steroid dienone is 3. The van der Waals surface area contributed by atoms with Crippen molar-refractivity contribution >= 4 is 18.1 Å². The molecule has 0 aromatic heterocycles. The minimum absolute atomic E-state index is 0.0794. The van der Waals surface area contributed by atoms with E-state index in [-0.39, 0.29) is 11.3 Å². The molecule has 0 bridgehead atoms. The summed E-state index contributed by atoms with van der Waals surface area (Å²) in [5.74, 6) is -1.79. The minimum Gasteiger partial charge on any atom is -0.478 e. The number of carbonyl (C=O) groups is 2. The van der Waals surface area contributed by atoms with Crippen LogP contribution in [0.2, 0.25) is 0 Å². The van der Waals surface area contributed by atoms with Gasteiger partial charge in [-0.25, -0.2) is 4.79 Å². The molecule has 1 unspecified atom stereocenters. The quantitative estimate of drug-likeness (QED) is 0.440. The highest BCUT2D eigenvalue weighted by atomic mass is 16.6. The molecule has 1 aliphatic heterocycles. The Balaban J connectivity index is 2.72. The molecule has 0 fully saturated rings. The Morgan fingerprint density at radius 2 is 1.85 bits per heavy atom. The monoisotopic (exact) mass is 359 g/mol. The van der Waals surface area contributed by atoms with Crippen molar-refractivity contribution < 1.29 is 19.6 Å². The van der Waals surface area contributed by atoms with E-state index in [1.807, 2.05) is 13.8 Å². The SMILES string of the molecule is CCC1=C(C(=O)O)C(c2ccc([N+](=O)[O-])cc2)C(N(C)C=O)=C(CC)N1.